The first-order chi connectivity index (χ1) is 9.66. The van der Waals surface area contributed by atoms with E-state index in [4.69, 9.17) is 16.3 Å². The van der Waals surface area contributed by atoms with Gasteiger partial charge in [-0.3, -0.25) is 4.98 Å². The zero-order chi connectivity index (χ0) is 14.6. The van der Waals surface area contributed by atoms with E-state index in [0.29, 0.717) is 11.1 Å². The van der Waals surface area contributed by atoms with Crippen molar-refractivity contribution in [1.29, 1.82) is 0 Å². The Morgan fingerprint density at radius 2 is 2.10 bits per heavy atom. The summed E-state index contributed by atoms with van der Waals surface area (Å²) in [5.41, 5.74) is 0.234. The fourth-order valence-electron chi connectivity index (χ4n) is 3.34. The summed E-state index contributed by atoms with van der Waals surface area (Å²) in [4.78, 5) is 4.09. The van der Waals surface area contributed by atoms with Crippen molar-refractivity contribution in [1.82, 2.24) is 10.3 Å². The summed E-state index contributed by atoms with van der Waals surface area (Å²) in [5, 5.41) is 4.29. The molecule has 1 aliphatic rings. The minimum absolute atomic E-state index is 0.234. The van der Waals surface area contributed by atoms with E-state index in [1.807, 2.05) is 6.07 Å². The van der Waals surface area contributed by atoms with Crippen LogP contribution in [0.1, 0.15) is 46.5 Å². The van der Waals surface area contributed by atoms with Crippen molar-refractivity contribution in [3.63, 3.8) is 0 Å². The van der Waals surface area contributed by atoms with Gasteiger partial charge in [-0.05, 0) is 25.8 Å². The largest absolute Gasteiger partial charge is 0.488 e. The summed E-state index contributed by atoms with van der Waals surface area (Å²) >= 11 is 5.97. The minimum Gasteiger partial charge on any atom is -0.488 e. The number of aromatic nitrogens is 1. The number of ether oxygens (including phenoxy) is 1. The van der Waals surface area contributed by atoms with Gasteiger partial charge in [0.2, 0.25) is 0 Å². The second-order valence-electron chi connectivity index (χ2n) is 5.63. The lowest BCUT2D eigenvalue weighted by atomic mass is 9.58. The van der Waals surface area contributed by atoms with Gasteiger partial charge in [-0.15, -0.1) is 0 Å². The Labute approximate surface area is 127 Å². The number of hydrogen-bond donors (Lipinski definition) is 1. The van der Waals surface area contributed by atoms with Gasteiger partial charge in [-0.25, -0.2) is 0 Å². The molecule has 1 aliphatic carbocycles. The van der Waals surface area contributed by atoms with Gasteiger partial charge in [0.15, 0.2) is 0 Å². The van der Waals surface area contributed by atoms with E-state index in [-0.39, 0.29) is 11.5 Å². The lowest BCUT2D eigenvalue weighted by Crippen LogP contribution is -2.64. The number of halogens is 1. The first-order valence-electron chi connectivity index (χ1n) is 7.66. The van der Waals surface area contributed by atoms with Crippen LogP contribution in [0.4, 0.5) is 0 Å². The van der Waals surface area contributed by atoms with Crippen LogP contribution in [0, 0.1) is 5.41 Å². The standard InChI is InChI=1S/C16H25ClN2O/c1-4-7-19-14-9-15(16(14,5-2)6-3)20-13-8-12(17)10-18-11-13/h8,10-11,14-15,19H,4-7,9H2,1-3H3. The highest BCUT2D eigenvalue weighted by Crippen LogP contribution is 2.49. The Morgan fingerprint density at radius 3 is 2.70 bits per heavy atom. The van der Waals surface area contributed by atoms with Crippen LogP contribution in [0.2, 0.25) is 5.02 Å². The van der Waals surface area contributed by atoms with Crippen molar-refractivity contribution >= 4 is 11.6 Å². The van der Waals surface area contributed by atoms with Crippen LogP contribution >= 0.6 is 11.6 Å². The Bertz CT molecular complexity index is 434. The molecule has 4 heteroatoms. The van der Waals surface area contributed by atoms with Gasteiger partial charge in [-0.1, -0.05) is 32.4 Å². The third kappa shape index (κ3) is 2.94. The Kier molecular flexibility index (Phi) is 5.28. The van der Waals surface area contributed by atoms with E-state index in [1.165, 1.54) is 6.42 Å². The third-order valence-electron chi connectivity index (χ3n) is 4.70. The SMILES string of the molecule is CCCNC1CC(Oc2cncc(Cl)c2)C1(CC)CC. The number of pyridine rings is 1. The Hall–Kier alpha value is -0.800. The molecule has 2 atom stereocenters. The molecule has 0 aromatic carbocycles. The predicted molar refractivity (Wildman–Crippen MR) is 83.4 cm³/mol. The van der Waals surface area contributed by atoms with Crippen molar-refractivity contribution in [3.05, 3.63) is 23.5 Å². The number of rotatable bonds is 7. The lowest BCUT2D eigenvalue weighted by Gasteiger charge is -2.55. The molecule has 112 valence electrons. The summed E-state index contributed by atoms with van der Waals surface area (Å²) in [6.07, 6.45) is 8.13. The summed E-state index contributed by atoms with van der Waals surface area (Å²) in [5.74, 6) is 0.780. The van der Waals surface area contributed by atoms with Crippen molar-refractivity contribution in [2.24, 2.45) is 5.41 Å². The molecule has 1 heterocycles. The molecule has 0 spiro atoms. The second kappa shape index (κ2) is 6.77. The van der Waals surface area contributed by atoms with Crippen molar-refractivity contribution in [3.8, 4) is 5.75 Å². The predicted octanol–water partition coefficient (Wildman–Crippen LogP) is 4.06. The van der Waals surface area contributed by atoms with E-state index >= 15 is 0 Å². The fourth-order valence-corrected chi connectivity index (χ4v) is 3.50. The molecule has 2 rings (SSSR count). The molecule has 1 aromatic heterocycles. The second-order valence-corrected chi connectivity index (χ2v) is 6.06. The molecule has 0 radical (unpaired) electrons. The number of hydrogen-bond acceptors (Lipinski definition) is 3. The van der Waals surface area contributed by atoms with Gasteiger partial charge in [0.05, 0.1) is 11.2 Å². The summed E-state index contributed by atoms with van der Waals surface area (Å²) in [7, 11) is 0. The zero-order valence-corrected chi connectivity index (χ0v) is 13.4. The average molecular weight is 297 g/mol. The maximum atomic E-state index is 6.15. The monoisotopic (exact) mass is 296 g/mol. The van der Waals surface area contributed by atoms with Gasteiger partial charge >= 0.3 is 0 Å². The van der Waals surface area contributed by atoms with Crippen LogP contribution < -0.4 is 10.1 Å². The molecule has 0 aliphatic heterocycles. The summed E-state index contributed by atoms with van der Waals surface area (Å²) in [6, 6.07) is 2.41. The van der Waals surface area contributed by atoms with Crippen LogP contribution in [0.15, 0.2) is 18.5 Å². The van der Waals surface area contributed by atoms with Crippen molar-refractivity contribution in [2.75, 3.05) is 6.54 Å². The van der Waals surface area contributed by atoms with E-state index in [1.54, 1.807) is 12.4 Å². The highest BCUT2D eigenvalue weighted by Gasteiger charge is 2.53. The molecule has 1 fully saturated rings. The zero-order valence-electron chi connectivity index (χ0n) is 12.7. The molecule has 1 aromatic rings. The molecular formula is C16H25ClN2O. The quantitative estimate of drug-likeness (QED) is 0.824. The van der Waals surface area contributed by atoms with Crippen LogP contribution in [-0.4, -0.2) is 23.7 Å². The molecular weight excluding hydrogens is 272 g/mol. The van der Waals surface area contributed by atoms with E-state index in [0.717, 1.165) is 31.6 Å². The van der Waals surface area contributed by atoms with Gasteiger partial charge in [0.25, 0.3) is 0 Å². The topological polar surface area (TPSA) is 34.1 Å². The maximum Gasteiger partial charge on any atom is 0.139 e. The minimum atomic E-state index is 0.234. The maximum absolute atomic E-state index is 6.15. The number of nitrogens with zero attached hydrogens (tertiary/aromatic N) is 1. The van der Waals surface area contributed by atoms with Crippen LogP contribution in [0.5, 0.6) is 5.75 Å². The van der Waals surface area contributed by atoms with Gasteiger partial charge in [0, 0.05) is 30.1 Å². The molecule has 20 heavy (non-hydrogen) atoms. The molecule has 0 bridgehead atoms. The third-order valence-corrected chi connectivity index (χ3v) is 4.91. The average Bonchev–Trinajstić information content (AvgIpc) is 2.43. The Balaban J connectivity index is 2.05. The molecule has 1 saturated carbocycles. The summed E-state index contributed by atoms with van der Waals surface area (Å²) < 4.78 is 6.15. The molecule has 3 nitrogen and oxygen atoms in total. The Morgan fingerprint density at radius 1 is 1.35 bits per heavy atom. The van der Waals surface area contributed by atoms with Crippen LogP contribution in [-0.2, 0) is 0 Å². The van der Waals surface area contributed by atoms with Crippen LogP contribution in [0.25, 0.3) is 0 Å². The van der Waals surface area contributed by atoms with Crippen LogP contribution in [0.3, 0.4) is 0 Å². The highest BCUT2D eigenvalue weighted by atomic mass is 35.5. The van der Waals surface area contributed by atoms with Gasteiger partial charge in [0.1, 0.15) is 11.9 Å². The highest BCUT2D eigenvalue weighted by molar-refractivity contribution is 6.30. The van der Waals surface area contributed by atoms with E-state index < -0.39 is 0 Å². The van der Waals surface area contributed by atoms with Gasteiger partial charge in [-0.2, -0.15) is 0 Å². The summed E-state index contributed by atoms with van der Waals surface area (Å²) in [6.45, 7) is 7.81. The molecule has 2 unspecified atom stereocenters. The van der Waals surface area contributed by atoms with E-state index in [9.17, 15) is 0 Å². The normalized spacial score (nSPS) is 24.2. The smallest absolute Gasteiger partial charge is 0.139 e. The van der Waals surface area contributed by atoms with E-state index in [2.05, 4.69) is 31.1 Å². The fraction of sp³-hybridized carbons (Fsp3) is 0.688. The first kappa shape index (κ1) is 15.6. The van der Waals surface area contributed by atoms with Crippen molar-refractivity contribution in [2.45, 2.75) is 58.6 Å². The molecule has 1 N–H and O–H groups in total. The molecule has 0 saturated heterocycles. The molecule has 0 amide bonds. The number of nitrogens with one attached hydrogen (secondary N) is 1. The lowest BCUT2D eigenvalue weighted by molar-refractivity contribution is -0.0859. The van der Waals surface area contributed by atoms with Crippen molar-refractivity contribution < 1.29 is 4.74 Å². The van der Waals surface area contributed by atoms with Gasteiger partial charge < -0.3 is 10.1 Å². The first-order valence-corrected chi connectivity index (χ1v) is 8.04.